The van der Waals surface area contributed by atoms with Gasteiger partial charge in [-0.1, -0.05) is 12.1 Å². The van der Waals surface area contributed by atoms with Crippen molar-refractivity contribution >= 4 is 22.6 Å². The summed E-state index contributed by atoms with van der Waals surface area (Å²) in [7, 11) is -1.60. The number of aryl methyl sites for hydroxylation is 1. The third kappa shape index (κ3) is 4.91. The highest BCUT2D eigenvalue weighted by Gasteiger charge is 2.52. The van der Waals surface area contributed by atoms with Crippen LogP contribution in [0.3, 0.4) is 0 Å². The van der Waals surface area contributed by atoms with Crippen molar-refractivity contribution in [2.45, 2.75) is 59.5 Å². The molecule has 0 N–H and O–H groups in total. The molecule has 32 heavy (non-hydrogen) atoms. The van der Waals surface area contributed by atoms with E-state index in [4.69, 9.17) is 14.0 Å². The van der Waals surface area contributed by atoms with Gasteiger partial charge in [0.05, 0.1) is 23.5 Å². The van der Waals surface area contributed by atoms with E-state index >= 15 is 8.78 Å². The minimum absolute atomic E-state index is 0.0561. The van der Waals surface area contributed by atoms with Crippen molar-refractivity contribution in [3.8, 4) is 11.1 Å². The molecule has 5 nitrogen and oxygen atoms in total. The monoisotopic (exact) mass is 468 g/mol. The van der Waals surface area contributed by atoms with Gasteiger partial charge in [-0.3, -0.25) is 0 Å². The molecule has 3 rings (SSSR count). The molecule has 2 heterocycles. The van der Waals surface area contributed by atoms with E-state index in [0.717, 1.165) is 11.4 Å². The molecule has 0 saturated carbocycles. The maximum absolute atomic E-state index is 15.2. The second-order valence-corrected chi connectivity index (χ2v) is 14.9. The van der Waals surface area contributed by atoms with E-state index in [9.17, 15) is 0 Å². The lowest BCUT2D eigenvalue weighted by Gasteiger charge is -2.32. The Hall–Kier alpha value is -1.42. The lowest BCUT2D eigenvalue weighted by atomic mass is 9.77. The zero-order chi connectivity index (χ0) is 24.1. The molecule has 0 unspecified atom stereocenters. The lowest BCUT2D eigenvalue weighted by molar-refractivity contribution is 0.00578. The van der Waals surface area contributed by atoms with Gasteiger partial charge in [0.25, 0.3) is 0 Å². The zero-order valence-corrected chi connectivity index (χ0v) is 21.5. The largest absolute Gasteiger partial charge is 0.497 e. The van der Waals surface area contributed by atoms with Crippen LogP contribution in [-0.4, -0.2) is 59.2 Å². The lowest BCUT2D eigenvalue weighted by Crippen LogP contribution is -2.41. The minimum Gasteiger partial charge on any atom is -0.399 e. The second-order valence-electron chi connectivity index (χ2n) is 10.3. The number of nitrogens with zero attached hydrogens (tertiary/aromatic N) is 2. The van der Waals surface area contributed by atoms with E-state index in [1.54, 1.807) is 17.7 Å². The molecule has 1 aliphatic rings. The number of benzene rings is 1. The summed E-state index contributed by atoms with van der Waals surface area (Å²) in [5.74, 6) is -0.892. The van der Waals surface area contributed by atoms with Crippen LogP contribution in [0.1, 0.15) is 39.1 Å². The van der Waals surface area contributed by atoms with Crippen LogP contribution < -0.4 is 5.46 Å². The molecule has 1 saturated heterocycles. The van der Waals surface area contributed by atoms with E-state index in [0.29, 0.717) is 17.9 Å². The number of ether oxygens (including phenoxy) is 1. The molecule has 0 radical (unpaired) electrons. The average molecular weight is 468 g/mol. The first kappa shape index (κ1) is 25.2. The van der Waals surface area contributed by atoms with Crippen LogP contribution in [0.25, 0.3) is 11.1 Å². The fourth-order valence-electron chi connectivity index (χ4n) is 3.58. The summed E-state index contributed by atoms with van der Waals surface area (Å²) in [6.45, 7) is 12.0. The molecule has 0 bridgehead atoms. The molecule has 0 amide bonds. The van der Waals surface area contributed by atoms with Crippen LogP contribution in [0.5, 0.6) is 0 Å². The van der Waals surface area contributed by atoms with Gasteiger partial charge in [0.15, 0.2) is 11.6 Å². The van der Waals surface area contributed by atoms with Crippen LogP contribution in [0.4, 0.5) is 8.78 Å². The second kappa shape index (κ2) is 8.74. The van der Waals surface area contributed by atoms with Gasteiger partial charge < -0.3 is 14.0 Å². The molecule has 0 spiro atoms. The summed E-state index contributed by atoms with van der Waals surface area (Å²) >= 11 is 0. The number of aromatic nitrogens is 2. The van der Waals surface area contributed by atoms with Gasteiger partial charge >= 0.3 is 7.12 Å². The minimum atomic E-state index is -0.966. The molecule has 2 aromatic rings. The molecule has 1 aromatic carbocycles. The average Bonchev–Trinajstić information content (AvgIpc) is 3.04. The topological polar surface area (TPSA) is 45.5 Å². The van der Waals surface area contributed by atoms with Crippen LogP contribution >= 0.6 is 10.0 Å². The fraction of sp³-hybridized carbons (Fsp3) is 0.609. The standard InChI is InChI=1S/C23H35BF2N2O3S/c1-15-19(16(2)28(27-15)14-29-12-13-32(7,8)9)17-10-11-18(21(26)20(17)25)24-30-22(3,4)23(5,6)31-24/h10-11H,12-14H2,1-9H3. The molecular weight excluding hydrogens is 433 g/mol. The predicted octanol–water partition coefficient (Wildman–Crippen LogP) is 4.41. The van der Waals surface area contributed by atoms with Gasteiger partial charge in [-0.15, -0.1) is 0 Å². The van der Waals surface area contributed by atoms with Crippen LogP contribution in [-0.2, 0) is 20.8 Å². The molecule has 9 heteroatoms. The summed E-state index contributed by atoms with van der Waals surface area (Å²) in [5, 5.41) is 4.49. The van der Waals surface area contributed by atoms with Crippen molar-refractivity contribution in [3.63, 3.8) is 0 Å². The van der Waals surface area contributed by atoms with E-state index in [2.05, 4.69) is 23.9 Å². The number of hydrogen-bond donors (Lipinski definition) is 0. The smallest absolute Gasteiger partial charge is 0.399 e. The van der Waals surface area contributed by atoms with Gasteiger partial charge in [0.1, 0.15) is 6.73 Å². The van der Waals surface area contributed by atoms with Crippen molar-refractivity contribution in [1.29, 1.82) is 0 Å². The molecular formula is C23H35BF2N2O3S. The summed E-state index contributed by atoms with van der Waals surface area (Å²) in [6.07, 6.45) is 6.72. The first-order valence-corrected chi connectivity index (χ1v) is 13.8. The highest BCUT2D eigenvalue weighted by atomic mass is 32.3. The van der Waals surface area contributed by atoms with Crippen molar-refractivity contribution in [1.82, 2.24) is 9.78 Å². The van der Waals surface area contributed by atoms with Gasteiger partial charge in [-0.25, -0.2) is 23.5 Å². The summed E-state index contributed by atoms with van der Waals surface area (Å²) in [6, 6.07) is 3.11. The van der Waals surface area contributed by atoms with E-state index in [1.165, 1.54) is 6.07 Å². The van der Waals surface area contributed by atoms with Crippen molar-refractivity contribution in [2.24, 2.45) is 0 Å². The molecule has 1 aliphatic heterocycles. The van der Waals surface area contributed by atoms with Crippen LogP contribution in [0, 0.1) is 25.5 Å². The van der Waals surface area contributed by atoms with Crippen molar-refractivity contribution in [2.75, 3.05) is 31.1 Å². The summed E-state index contributed by atoms with van der Waals surface area (Å²) in [5.41, 5.74) is 0.876. The van der Waals surface area contributed by atoms with Gasteiger partial charge in [-0.05, 0) is 60.3 Å². The van der Waals surface area contributed by atoms with E-state index in [-0.39, 0.29) is 17.8 Å². The predicted molar refractivity (Wildman–Crippen MR) is 129 cm³/mol. The maximum atomic E-state index is 15.2. The highest BCUT2D eigenvalue weighted by Crippen LogP contribution is 2.37. The van der Waals surface area contributed by atoms with Crippen molar-refractivity contribution in [3.05, 3.63) is 35.2 Å². The van der Waals surface area contributed by atoms with Gasteiger partial charge in [0, 0.05) is 28.0 Å². The van der Waals surface area contributed by atoms with E-state index in [1.807, 2.05) is 34.6 Å². The Bertz CT molecular complexity index is 986. The first-order valence-electron chi connectivity index (χ1n) is 10.8. The van der Waals surface area contributed by atoms with Gasteiger partial charge in [-0.2, -0.15) is 5.10 Å². The molecule has 0 atom stereocenters. The summed E-state index contributed by atoms with van der Waals surface area (Å²) in [4.78, 5) is 0. The number of halogens is 2. The van der Waals surface area contributed by atoms with Gasteiger partial charge in [0.2, 0.25) is 0 Å². The Balaban J connectivity index is 1.85. The Labute approximate surface area is 192 Å². The van der Waals surface area contributed by atoms with Crippen LogP contribution in [0.15, 0.2) is 12.1 Å². The number of rotatable bonds is 7. The Kier molecular flexibility index (Phi) is 6.89. The SMILES string of the molecule is Cc1nn(COCCS(C)(C)C)c(C)c1-c1ccc(B2OC(C)(C)C(C)(C)O2)c(F)c1F. The first-order chi connectivity index (χ1) is 14.6. The Morgan fingerprint density at radius 1 is 1.03 bits per heavy atom. The fourth-order valence-corrected chi connectivity index (χ4v) is 4.20. The third-order valence-electron chi connectivity index (χ3n) is 6.32. The normalized spacial score (nSPS) is 18.4. The quantitative estimate of drug-likeness (QED) is 0.446. The molecule has 178 valence electrons. The molecule has 0 aliphatic carbocycles. The van der Waals surface area contributed by atoms with Crippen LogP contribution in [0.2, 0.25) is 0 Å². The van der Waals surface area contributed by atoms with Crippen molar-refractivity contribution < 1.29 is 22.8 Å². The Morgan fingerprint density at radius 3 is 2.19 bits per heavy atom. The third-order valence-corrected chi connectivity index (χ3v) is 7.72. The highest BCUT2D eigenvalue weighted by molar-refractivity contribution is 8.32. The number of hydrogen-bond acceptors (Lipinski definition) is 4. The molecule has 1 aromatic heterocycles. The summed E-state index contributed by atoms with van der Waals surface area (Å²) < 4.78 is 49.7. The maximum Gasteiger partial charge on any atom is 0.497 e. The molecule has 1 fully saturated rings. The zero-order valence-electron chi connectivity index (χ0n) is 20.6. The van der Waals surface area contributed by atoms with E-state index < -0.39 is 40.0 Å². The Morgan fingerprint density at radius 2 is 1.62 bits per heavy atom.